The van der Waals surface area contributed by atoms with Gasteiger partial charge in [0.15, 0.2) is 5.65 Å². The Hall–Kier alpha value is -1.07. The SMILES string of the molecule is c1cnc2c(c1)nc(CC1CCNC1)n2CC1CCCCS1. The Kier molecular flexibility index (Phi) is 4.35. The van der Waals surface area contributed by atoms with Gasteiger partial charge in [0.1, 0.15) is 11.3 Å². The first kappa shape index (κ1) is 14.5. The first-order chi connectivity index (χ1) is 10.9. The van der Waals surface area contributed by atoms with Crippen LogP contribution >= 0.6 is 11.8 Å². The van der Waals surface area contributed by atoms with E-state index in [2.05, 4.69) is 32.7 Å². The summed E-state index contributed by atoms with van der Waals surface area (Å²) in [7, 11) is 0. The summed E-state index contributed by atoms with van der Waals surface area (Å²) in [6, 6.07) is 4.10. The first-order valence-electron chi connectivity index (χ1n) is 8.52. The molecule has 4 nitrogen and oxygen atoms in total. The van der Waals surface area contributed by atoms with Crippen molar-refractivity contribution >= 4 is 22.9 Å². The van der Waals surface area contributed by atoms with Crippen molar-refractivity contribution < 1.29 is 0 Å². The number of nitrogens with one attached hydrogen (secondary N) is 1. The maximum Gasteiger partial charge on any atom is 0.160 e. The molecule has 0 saturated carbocycles. The molecule has 1 N–H and O–H groups in total. The molecule has 0 aliphatic carbocycles. The number of pyridine rings is 1. The zero-order chi connectivity index (χ0) is 14.8. The lowest BCUT2D eigenvalue weighted by atomic mass is 10.0. The van der Waals surface area contributed by atoms with Crippen molar-refractivity contribution in [3.8, 4) is 0 Å². The second-order valence-electron chi connectivity index (χ2n) is 6.54. The molecule has 5 heteroatoms. The van der Waals surface area contributed by atoms with E-state index >= 15 is 0 Å². The van der Waals surface area contributed by atoms with Crippen LogP contribution in [0.2, 0.25) is 0 Å². The molecule has 2 fully saturated rings. The first-order valence-corrected chi connectivity index (χ1v) is 9.57. The van der Waals surface area contributed by atoms with E-state index in [1.807, 2.05) is 12.3 Å². The molecule has 2 unspecified atom stereocenters. The maximum absolute atomic E-state index is 4.91. The molecule has 22 heavy (non-hydrogen) atoms. The highest BCUT2D eigenvalue weighted by Gasteiger charge is 2.22. The van der Waals surface area contributed by atoms with Crippen LogP contribution in [0, 0.1) is 5.92 Å². The second-order valence-corrected chi connectivity index (χ2v) is 7.94. The van der Waals surface area contributed by atoms with Gasteiger partial charge in [0.05, 0.1) is 0 Å². The number of imidazole rings is 1. The monoisotopic (exact) mass is 316 g/mol. The molecule has 2 aliphatic heterocycles. The highest BCUT2D eigenvalue weighted by molar-refractivity contribution is 7.99. The van der Waals surface area contributed by atoms with Crippen LogP contribution in [0.5, 0.6) is 0 Å². The minimum absolute atomic E-state index is 0.730. The van der Waals surface area contributed by atoms with Gasteiger partial charge in [-0.15, -0.1) is 0 Å². The largest absolute Gasteiger partial charge is 0.316 e. The molecule has 0 amide bonds. The summed E-state index contributed by atoms with van der Waals surface area (Å²) < 4.78 is 2.41. The fourth-order valence-electron chi connectivity index (χ4n) is 3.65. The van der Waals surface area contributed by atoms with Gasteiger partial charge in [-0.1, -0.05) is 6.42 Å². The lowest BCUT2D eigenvalue weighted by molar-refractivity contribution is 0.520. The Labute approximate surface area is 136 Å². The third-order valence-corrected chi connectivity index (χ3v) is 6.26. The minimum atomic E-state index is 0.730. The van der Waals surface area contributed by atoms with Crippen molar-refractivity contribution in [3.05, 3.63) is 24.2 Å². The summed E-state index contributed by atoms with van der Waals surface area (Å²) in [6.45, 7) is 3.37. The summed E-state index contributed by atoms with van der Waals surface area (Å²) in [5, 5.41) is 4.20. The minimum Gasteiger partial charge on any atom is -0.316 e. The average molecular weight is 316 g/mol. The van der Waals surface area contributed by atoms with Crippen LogP contribution < -0.4 is 5.32 Å². The summed E-state index contributed by atoms with van der Waals surface area (Å²) in [5.74, 6) is 3.29. The Balaban J connectivity index is 1.63. The number of nitrogens with zero attached hydrogens (tertiary/aromatic N) is 3. The van der Waals surface area contributed by atoms with Crippen LogP contribution in [0.15, 0.2) is 18.3 Å². The molecule has 2 aromatic heterocycles. The summed E-state index contributed by atoms with van der Waals surface area (Å²) in [5.41, 5.74) is 2.14. The van der Waals surface area contributed by atoms with Gasteiger partial charge in [0.25, 0.3) is 0 Å². The molecule has 0 aromatic carbocycles. The van der Waals surface area contributed by atoms with E-state index in [1.165, 1.54) is 37.3 Å². The molecule has 2 atom stereocenters. The Bertz CT molecular complexity index is 627. The predicted molar refractivity (Wildman–Crippen MR) is 92.3 cm³/mol. The third kappa shape index (κ3) is 3.01. The fraction of sp³-hybridized carbons (Fsp3) is 0.647. The van der Waals surface area contributed by atoms with Crippen LogP contribution in [-0.4, -0.2) is 38.6 Å². The number of rotatable bonds is 4. The molecular weight excluding hydrogens is 292 g/mol. The van der Waals surface area contributed by atoms with Crippen molar-refractivity contribution in [1.82, 2.24) is 19.9 Å². The van der Waals surface area contributed by atoms with Crippen LogP contribution in [-0.2, 0) is 13.0 Å². The molecule has 4 heterocycles. The van der Waals surface area contributed by atoms with Crippen LogP contribution in [0.1, 0.15) is 31.5 Å². The van der Waals surface area contributed by atoms with Gasteiger partial charge >= 0.3 is 0 Å². The van der Waals surface area contributed by atoms with Crippen molar-refractivity contribution in [1.29, 1.82) is 0 Å². The van der Waals surface area contributed by atoms with Gasteiger partial charge in [0.2, 0.25) is 0 Å². The van der Waals surface area contributed by atoms with Gasteiger partial charge in [-0.05, 0) is 56.2 Å². The molecule has 2 saturated heterocycles. The van der Waals surface area contributed by atoms with E-state index in [-0.39, 0.29) is 0 Å². The Morgan fingerprint density at radius 1 is 1.32 bits per heavy atom. The highest BCUT2D eigenvalue weighted by Crippen LogP contribution is 2.28. The molecule has 0 radical (unpaired) electrons. The normalized spacial score (nSPS) is 25.8. The highest BCUT2D eigenvalue weighted by atomic mass is 32.2. The van der Waals surface area contributed by atoms with Crippen molar-refractivity contribution in [2.24, 2.45) is 5.92 Å². The Morgan fingerprint density at radius 3 is 3.14 bits per heavy atom. The number of hydrogen-bond donors (Lipinski definition) is 1. The smallest absolute Gasteiger partial charge is 0.160 e. The molecule has 0 spiro atoms. The van der Waals surface area contributed by atoms with Crippen molar-refractivity contribution in [3.63, 3.8) is 0 Å². The quantitative estimate of drug-likeness (QED) is 0.942. The summed E-state index contributed by atoms with van der Waals surface area (Å²) in [4.78, 5) is 9.52. The van der Waals surface area contributed by atoms with Crippen molar-refractivity contribution in [2.75, 3.05) is 18.8 Å². The van der Waals surface area contributed by atoms with E-state index in [0.29, 0.717) is 0 Å². The standard InChI is InChI=1S/C17H24N4S/c1-2-9-22-14(4-1)12-21-16(10-13-6-8-18-11-13)20-15-5-3-7-19-17(15)21/h3,5,7,13-14,18H,1-2,4,6,8-12H2. The molecule has 2 aromatic rings. The molecule has 4 rings (SSSR count). The number of aromatic nitrogens is 3. The molecular formula is C17H24N4S. The lowest BCUT2D eigenvalue weighted by Crippen LogP contribution is -2.20. The topological polar surface area (TPSA) is 42.7 Å². The fourth-order valence-corrected chi connectivity index (χ4v) is 4.95. The predicted octanol–water partition coefficient (Wildman–Crippen LogP) is 2.87. The van der Waals surface area contributed by atoms with Crippen LogP contribution in [0.25, 0.3) is 11.2 Å². The van der Waals surface area contributed by atoms with E-state index in [0.717, 1.165) is 48.4 Å². The van der Waals surface area contributed by atoms with Gasteiger partial charge in [0, 0.05) is 24.4 Å². The summed E-state index contributed by atoms with van der Waals surface area (Å²) in [6.07, 6.45) is 8.34. The van der Waals surface area contributed by atoms with Gasteiger partial charge in [-0.25, -0.2) is 9.97 Å². The Morgan fingerprint density at radius 2 is 2.32 bits per heavy atom. The number of hydrogen-bond acceptors (Lipinski definition) is 4. The maximum atomic E-state index is 4.91. The lowest BCUT2D eigenvalue weighted by Gasteiger charge is -2.23. The second kappa shape index (κ2) is 6.59. The number of thioether (sulfide) groups is 1. The summed E-state index contributed by atoms with van der Waals surface area (Å²) >= 11 is 2.13. The average Bonchev–Trinajstić information content (AvgIpc) is 3.18. The molecule has 118 valence electrons. The van der Waals surface area contributed by atoms with E-state index in [4.69, 9.17) is 4.98 Å². The van der Waals surface area contributed by atoms with Crippen LogP contribution in [0.4, 0.5) is 0 Å². The zero-order valence-corrected chi connectivity index (χ0v) is 13.8. The van der Waals surface area contributed by atoms with Gasteiger partial charge in [-0.3, -0.25) is 0 Å². The zero-order valence-electron chi connectivity index (χ0n) is 13.0. The van der Waals surface area contributed by atoms with Crippen molar-refractivity contribution in [2.45, 2.75) is 43.9 Å². The van der Waals surface area contributed by atoms with Crippen LogP contribution in [0.3, 0.4) is 0 Å². The third-order valence-electron chi connectivity index (χ3n) is 4.88. The van der Waals surface area contributed by atoms with E-state index < -0.39 is 0 Å². The van der Waals surface area contributed by atoms with E-state index in [9.17, 15) is 0 Å². The number of fused-ring (bicyclic) bond motifs is 1. The molecule has 2 aliphatic rings. The van der Waals surface area contributed by atoms with Gasteiger partial charge < -0.3 is 9.88 Å². The molecule has 0 bridgehead atoms. The van der Waals surface area contributed by atoms with E-state index in [1.54, 1.807) is 0 Å². The van der Waals surface area contributed by atoms with Gasteiger partial charge in [-0.2, -0.15) is 11.8 Å².